The highest BCUT2D eigenvalue weighted by molar-refractivity contribution is 7.99. The molecule has 2 aliphatic carbocycles. The SMILES string of the molecule is CCCSc1nc(NC2CC2c2ccc(F)c(F)c2)c(N=N)c(NC2CC(OCCOC3CCCCO3)C3OC(C)(C)OC23)n1. The van der Waals surface area contributed by atoms with Gasteiger partial charge in [-0.1, -0.05) is 24.8 Å². The fraction of sp³-hybridized carbons (Fsp3) is 0.677. The molecule has 246 valence electrons. The third kappa shape index (κ3) is 7.74. The number of rotatable bonds is 14. The summed E-state index contributed by atoms with van der Waals surface area (Å²) in [5.41, 5.74) is 9.03. The zero-order valence-electron chi connectivity index (χ0n) is 25.9. The van der Waals surface area contributed by atoms with E-state index in [-0.39, 0.29) is 48.3 Å². The summed E-state index contributed by atoms with van der Waals surface area (Å²) < 4.78 is 57.8. The second-order valence-corrected chi connectivity index (χ2v) is 13.5. The van der Waals surface area contributed by atoms with Crippen molar-refractivity contribution in [2.75, 3.05) is 36.2 Å². The average molecular weight is 649 g/mol. The van der Waals surface area contributed by atoms with Gasteiger partial charge in [0, 0.05) is 24.3 Å². The highest BCUT2D eigenvalue weighted by atomic mass is 32.2. The maximum atomic E-state index is 13.9. The van der Waals surface area contributed by atoms with Gasteiger partial charge in [-0.25, -0.2) is 24.3 Å². The number of halogens is 2. The van der Waals surface area contributed by atoms with Gasteiger partial charge in [0.15, 0.2) is 46.2 Å². The standard InChI is InChI=1S/C31H42F2N6O5S/c1-4-13-45-30-37-28(35-21-15-18(21)17-8-9-19(32)20(33)14-17)25(39-34)29(38-30)36-22-16-23(27-26(22)43-31(2,3)44-27)40-11-12-42-24-7-5-6-10-41-24/h8-9,14,18,21-24,26-27,34H,4-7,10-13,15-16H2,1-3H3,(H2,35,36,37,38). The molecule has 3 heterocycles. The Morgan fingerprint density at radius 1 is 1.02 bits per heavy atom. The summed E-state index contributed by atoms with van der Waals surface area (Å²) in [6.45, 7) is 7.41. The van der Waals surface area contributed by atoms with Crippen LogP contribution in [0.15, 0.2) is 28.5 Å². The average Bonchev–Trinajstić information content (AvgIpc) is 3.62. The Bertz CT molecular complexity index is 1350. The summed E-state index contributed by atoms with van der Waals surface area (Å²) in [6, 6.07) is 3.70. The Kier molecular flexibility index (Phi) is 10.2. The quantitative estimate of drug-likeness (QED) is 0.0900. The molecule has 2 saturated carbocycles. The molecule has 4 aliphatic rings. The van der Waals surface area contributed by atoms with Crippen LogP contribution in [-0.4, -0.2) is 78.0 Å². The van der Waals surface area contributed by atoms with Crippen molar-refractivity contribution in [2.24, 2.45) is 5.11 Å². The molecule has 4 fully saturated rings. The van der Waals surface area contributed by atoms with E-state index in [1.807, 2.05) is 13.8 Å². The molecule has 2 saturated heterocycles. The minimum atomic E-state index is -0.868. The number of thioether (sulfide) groups is 1. The molecule has 7 atom stereocenters. The van der Waals surface area contributed by atoms with Gasteiger partial charge < -0.3 is 34.3 Å². The van der Waals surface area contributed by atoms with E-state index in [4.69, 9.17) is 39.2 Å². The van der Waals surface area contributed by atoms with Gasteiger partial charge in [-0.2, -0.15) is 5.11 Å². The molecule has 0 spiro atoms. The van der Waals surface area contributed by atoms with Crippen LogP contribution in [0.1, 0.15) is 70.8 Å². The van der Waals surface area contributed by atoms with Crippen LogP contribution in [0.3, 0.4) is 0 Å². The molecule has 2 aromatic rings. The van der Waals surface area contributed by atoms with Gasteiger partial charge in [-0.15, -0.1) is 0 Å². The zero-order valence-corrected chi connectivity index (χ0v) is 26.7. The number of fused-ring (bicyclic) bond motifs is 1. The maximum Gasteiger partial charge on any atom is 0.191 e. The molecule has 1 aromatic heterocycles. The number of aromatic nitrogens is 2. The van der Waals surface area contributed by atoms with Gasteiger partial charge >= 0.3 is 0 Å². The molecule has 1 aromatic carbocycles. The van der Waals surface area contributed by atoms with Gasteiger partial charge in [0.05, 0.1) is 25.4 Å². The van der Waals surface area contributed by atoms with Crippen molar-refractivity contribution in [3.05, 3.63) is 35.4 Å². The minimum Gasteiger partial charge on any atom is -0.373 e. The third-order valence-electron chi connectivity index (χ3n) is 8.49. The van der Waals surface area contributed by atoms with E-state index in [1.54, 1.807) is 6.07 Å². The second kappa shape index (κ2) is 14.1. The number of nitrogens with zero attached hydrogens (tertiary/aromatic N) is 3. The van der Waals surface area contributed by atoms with Crippen molar-refractivity contribution in [3.63, 3.8) is 0 Å². The smallest absolute Gasteiger partial charge is 0.191 e. The Hall–Kier alpha value is -2.49. The maximum absolute atomic E-state index is 13.9. The normalized spacial score (nSPS) is 30.2. The minimum absolute atomic E-state index is 0.00905. The van der Waals surface area contributed by atoms with Crippen LogP contribution in [0, 0.1) is 17.2 Å². The first-order valence-corrected chi connectivity index (χ1v) is 16.8. The Labute approximate surface area is 266 Å². The van der Waals surface area contributed by atoms with E-state index in [0.29, 0.717) is 42.0 Å². The van der Waals surface area contributed by atoms with Crippen LogP contribution >= 0.6 is 11.8 Å². The lowest BCUT2D eigenvalue weighted by molar-refractivity contribution is -0.182. The van der Waals surface area contributed by atoms with Crippen LogP contribution in [0.4, 0.5) is 26.1 Å². The first-order valence-electron chi connectivity index (χ1n) is 15.9. The van der Waals surface area contributed by atoms with Crippen LogP contribution in [-0.2, 0) is 23.7 Å². The third-order valence-corrected chi connectivity index (χ3v) is 9.54. The molecule has 0 amide bonds. The van der Waals surface area contributed by atoms with E-state index in [1.165, 1.54) is 17.8 Å². The largest absolute Gasteiger partial charge is 0.373 e. The number of nitrogens with one attached hydrogen (secondary N) is 3. The first-order chi connectivity index (χ1) is 21.7. The van der Waals surface area contributed by atoms with Crippen molar-refractivity contribution in [2.45, 2.75) is 113 Å². The zero-order chi connectivity index (χ0) is 31.6. The van der Waals surface area contributed by atoms with Gasteiger partial charge in [-0.05, 0) is 70.1 Å². The van der Waals surface area contributed by atoms with Crippen LogP contribution in [0.5, 0.6) is 0 Å². The molecule has 0 radical (unpaired) electrons. The highest BCUT2D eigenvalue weighted by Gasteiger charge is 2.55. The fourth-order valence-electron chi connectivity index (χ4n) is 6.28. The first kappa shape index (κ1) is 32.5. The fourth-order valence-corrected chi connectivity index (χ4v) is 6.97. The molecule has 6 rings (SSSR count). The molecular weight excluding hydrogens is 606 g/mol. The van der Waals surface area contributed by atoms with Gasteiger partial charge in [0.2, 0.25) is 0 Å². The van der Waals surface area contributed by atoms with Gasteiger partial charge in [0.1, 0.15) is 12.2 Å². The van der Waals surface area contributed by atoms with E-state index in [2.05, 4.69) is 22.7 Å². The summed E-state index contributed by atoms with van der Waals surface area (Å²) in [7, 11) is 0. The molecular formula is C31H42F2N6O5S. The van der Waals surface area contributed by atoms with Crippen LogP contribution in [0.25, 0.3) is 0 Å². The Balaban J connectivity index is 1.16. The summed E-state index contributed by atoms with van der Waals surface area (Å²) in [5.74, 6) is -0.867. The lowest BCUT2D eigenvalue weighted by atomic mass is 10.1. The highest BCUT2D eigenvalue weighted by Crippen LogP contribution is 2.46. The number of hydrogen-bond acceptors (Lipinski definition) is 12. The molecule has 0 bridgehead atoms. The second-order valence-electron chi connectivity index (χ2n) is 12.4. The lowest BCUT2D eigenvalue weighted by Gasteiger charge is -2.25. The predicted octanol–water partition coefficient (Wildman–Crippen LogP) is 6.52. The van der Waals surface area contributed by atoms with Crippen LogP contribution in [0.2, 0.25) is 0 Å². The van der Waals surface area contributed by atoms with Crippen molar-refractivity contribution >= 4 is 29.1 Å². The summed E-state index contributed by atoms with van der Waals surface area (Å²) in [4.78, 5) is 9.46. The molecule has 14 heteroatoms. The topological polar surface area (TPSA) is 132 Å². The number of ether oxygens (including phenoxy) is 5. The molecule has 45 heavy (non-hydrogen) atoms. The van der Waals surface area contributed by atoms with Crippen molar-refractivity contribution < 1.29 is 32.5 Å². The Morgan fingerprint density at radius 3 is 2.49 bits per heavy atom. The summed E-state index contributed by atoms with van der Waals surface area (Å²) >= 11 is 1.52. The summed E-state index contributed by atoms with van der Waals surface area (Å²) in [5, 5.41) is 11.3. The predicted molar refractivity (Wildman–Crippen MR) is 164 cm³/mol. The van der Waals surface area contributed by atoms with Gasteiger partial charge in [0.25, 0.3) is 0 Å². The van der Waals surface area contributed by atoms with Crippen molar-refractivity contribution in [3.8, 4) is 0 Å². The monoisotopic (exact) mass is 648 g/mol. The van der Waals surface area contributed by atoms with E-state index >= 15 is 0 Å². The number of hydrogen-bond donors (Lipinski definition) is 3. The molecule has 3 N–H and O–H groups in total. The number of benzene rings is 1. The molecule has 2 aliphatic heterocycles. The van der Waals surface area contributed by atoms with E-state index in [9.17, 15) is 8.78 Å². The van der Waals surface area contributed by atoms with Crippen molar-refractivity contribution in [1.29, 1.82) is 5.53 Å². The van der Waals surface area contributed by atoms with E-state index in [0.717, 1.165) is 50.5 Å². The molecule has 7 unspecified atom stereocenters. The Morgan fingerprint density at radius 2 is 1.78 bits per heavy atom. The number of anilines is 2. The lowest BCUT2D eigenvalue weighted by Crippen LogP contribution is -2.35. The van der Waals surface area contributed by atoms with Crippen LogP contribution < -0.4 is 10.6 Å². The van der Waals surface area contributed by atoms with E-state index < -0.39 is 17.4 Å². The molecule has 11 nitrogen and oxygen atoms in total. The van der Waals surface area contributed by atoms with Gasteiger partial charge in [-0.3, -0.25) is 0 Å². The van der Waals surface area contributed by atoms with Crippen molar-refractivity contribution in [1.82, 2.24) is 9.97 Å². The summed E-state index contributed by atoms with van der Waals surface area (Å²) in [6.07, 6.45) is 4.30.